The summed E-state index contributed by atoms with van der Waals surface area (Å²) in [5, 5.41) is 0. The second kappa shape index (κ2) is 2.95. The van der Waals surface area contributed by atoms with Gasteiger partial charge >= 0.3 is 0 Å². The molecule has 0 N–H and O–H groups in total. The van der Waals surface area contributed by atoms with Gasteiger partial charge in [0.25, 0.3) is 0 Å². The zero-order valence-corrected chi connectivity index (χ0v) is 7.85. The van der Waals surface area contributed by atoms with E-state index in [9.17, 15) is 0 Å². The Morgan fingerprint density at radius 2 is 1.82 bits per heavy atom. The third-order valence-electron chi connectivity index (χ3n) is 3.41. The quantitative estimate of drug-likeness (QED) is 0.549. The Balaban J connectivity index is 2.02. The summed E-state index contributed by atoms with van der Waals surface area (Å²) in [7, 11) is 2.27. The molecule has 1 nitrogen and oxygen atoms in total. The standard InChI is InChI=1S/C9H16ClN/c1-11-8-2-3-9(11)5-7(4-8)6-10/h7-9H,2-6H2,1H3/t8-,9-/m0/s1. The van der Waals surface area contributed by atoms with Crippen LogP contribution in [0.5, 0.6) is 0 Å². The van der Waals surface area contributed by atoms with Crippen LogP contribution in [0.3, 0.4) is 0 Å². The molecule has 2 aliphatic heterocycles. The highest BCUT2D eigenvalue weighted by molar-refractivity contribution is 6.18. The van der Waals surface area contributed by atoms with Gasteiger partial charge in [-0.2, -0.15) is 0 Å². The molecule has 2 saturated heterocycles. The van der Waals surface area contributed by atoms with Crippen molar-refractivity contribution in [3.05, 3.63) is 0 Å². The van der Waals surface area contributed by atoms with Crippen molar-refractivity contribution in [2.45, 2.75) is 37.8 Å². The molecule has 0 aliphatic carbocycles. The van der Waals surface area contributed by atoms with Crippen LogP contribution < -0.4 is 0 Å². The Bertz CT molecular complexity index is 134. The Hall–Kier alpha value is 0.250. The van der Waals surface area contributed by atoms with E-state index in [-0.39, 0.29) is 0 Å². The predicted octanol–water partition coefficient (Wildman–Crippen LogP) is 2.10. The number of fused-ring (bicyclic) bond motifs is 2. The van der Waals surface area contributed by atoms with E-state index in [4.69, 9.17) is 11.6 Å². The van der Waals surface area contributed by atoms with Crippen LogP contribution in [-0.4, -0.2) is 29.9 Å². The molecule has 2 bridgehead atoms. The van der Waals surface area contributed by atoms with Crippen LogP contribution in [0, 0.1) is 5.92 Å². The molecular weight excluding hydrogens is 158 g/mol. The average Bonchev–Trinajstić information content (AvgIpc) is 2.26. The molecule has 0 amide bonds. The van der Waals surface area contributed by atoms with Crippen molar-refractivity contribution in [1.29, 1.82) is 0 Å². The second-order valence-electron chi connectivity index (χ2n) is 4.04. The van der Waals surface area contributed by atoms with Gasteiger partial charge in [-0.1, -0.05) is 0 Å². The SMILES string of the molecule is CN1[C@H]2CC[C@H]1CC(CCl)C2. The Labute approximate surface area is 73.7 Å². The molecule has 0 saturated carbocycles. The highest BCUT2D eigenvalue weighted by Gasteiger charge is 2.37. The summed E-state index contributed by atoms with van der Waals surface area (Å²) in [6, 6.07) is 1.72. The fourth-order valence-electron chi connectivity index (χ4n) is 2.65. The van der Waals surface area contributed by atoms with Crippen molar-refractivity contribution in [2.75, 3.05) is 12.9 Å². The van der Waals surface area contributed by atoms with Crippen molar-refractivity contribution in [3.8, 4) is 0 Å². The number of halogens is 1. The molecule has 0 aromatic carbocycles. The Morgan fingerprint density at radius 3 is 2.27 bits per heavy atom. The summed E-state index contributed by atoms with van der Waals surface area (Å²) in [6.07, 6.45) is 5.51. The van der Waals surface area contributed by atoms with E-state index < -0.39 is 0 Å². The Kier molecular flexibility index (Phi) is 2.11. The van der Waals surface area contributed by atoms with Gasteiger partial charge in [0.1, 0.15) is 0 Å². The smallest absolute Gasteiger partial charge is 0.0252 e. The monoisotopic (exact) mass is 173 g/mol. The molecule has 0 spiro atoms. The van der Waals surface area contributed by atoms with Crippen LogP contribution in [0.15, 0.2) is 0 Å². The van der Waals surface area contributed by atoms with Crippen molar-refractivity contribution in [3.63, 3.8) is 0 Å². The zero-order chi connectivity index (χ0) is 7.84. The summed E-state index contributed by atoms with van der Waals surface area (Å²) in [5.41, 5.74) is 0. The van der Waals surface area contributed by atoms with Gasteiger partial charge < -0.3 is 4.90 Å². The van der Waals surface area contributed by atoms with Crippen LogP contribution in [0.1, 0.15) is 25.7 Å². The number of alkyl halides is 1. The second-order valence-corrected chi connectivity index (χ2v) is 4.35. The number of hydrogen-bond acceptors (Lipinski definition) is 1. The van der Waals surface area contributed by atoms with Gasteiger partial charge in [-0.05, 0) is 38.6 Å². The number of piperidine rings is 1. The summed E-state index contributed by atoms with van der Waals surface area (Å²) in [6.45, 7) is 0. The summed E-state index contributed by atoms with van der Waals surface area (Å²) in [4.78, 5) is 2.56. The van der Waals surface area contributed by atoms with E-state index in [0.717, 1.165) is 23.9 Å². The van der Waals surface area contributed by atoms with Crippen molar-refractivity contribution in [2.24, 2.45) is 5.92 Å². The van der Waals surface area contributed by atoms with Crippen LogP contribution in [0.2, 0.25) is 0 Å². The van der Waals surface area contributed by atoms with E-state index in [1.165, 1.54) is 25.7 Å². The van der Waals surface area contributed by atoms with Crippen LogP contribution >= 0.6 is 11.6 Å². The number of hydrogen-bond donors (Lipinski definition) is 0. The predicted molar refractivity (Wildman–Crippen MR) is 48.0 cm³/mol. The summed E-state index contributed by atoms with van der Waals surface area (Å²) < 4.78 is 0. The van der Waals surface area contributed by atoms with Gasteiger partial charge in [-0.3, -0.25) is 0 Å². The maximum Gasteiger partial charge on any atom is 0.0252 e. The van der Waals surface area contributed by atoms with Gasteiger partial charge in [0.2, 0.25) is 0 Å². The topological polar surface area (TPSA) is 3.24 Å². The molecule has 2 heteroatoms. The first kappa shape index (κ1) is 7.88. The molecule has 2 rings (SSSR count). The van der Waals surface area contributed by atoms with E-state index in [1.807, 2.05) is 0 Å². The average molecular weight is 174 g/mol. The fraction of sp³-hybridized carbons (Fsp3) is 1.00. The maximum atomic E-state index is 5.87. The van der Waals surface area contributed by atoms with E-state index in [0.29, 0.717) is 0 Å². The van der Waals surface area contributed by atoms with Crippen molar-refractivity contribution in [1.82, 2.24) is 4.90 Å². The molecule has 2 heterocycles. The largest absolute Gasteiger partial charge is 0.300 e. The van der Waals surface area contributed by atoms with Gasteiger partial charge in [0, 0.05) is 18.0 Å². The highest BCUT2D eigenvalue weighted by Crippen LogP contribution is 2.37. The van der Waals surface area contributed by atoms with Crippen LogP contribution in [0.4, 0.5) is 0 Å². The first-order valence-electron chi connectivity index (χ1n) is 4.59. The van der Waals surface area contributed by atoms with Crippen LogP contribution in [0.25, 0.3) is 0 Å². The molecule has 0 aromatic rings. The third-order valence-corrected chi connectivity index (χ3v) is 3.85. The van der Waals surface area contributed by atoms with Crippen molar-refractivity contribution < 1.29 is 0 Å². The zero-order valence-electron chi connectivity index (χ0n) is 7.09. The number of rotatable bonds is 1. The van der Waals surface area contributed by atoms with Gasteiger partial charge in [-0.15, -0.1) is 11.6 Å². The lowest BCUT2D eigenvalue weighted by molar-refractivity contribution is 0.143. The van der Waals surface area contributed by atoms with Gasteiger partial charge in [-0.25, -0.2) is 0 Å². The molecular formula is C9H16ClN. The first-order chi connectivity index (χ1) is 5.31. The highest BCUT2D eigenvalue weighted by atomic mass is 35.5. The lowest BCUT2D eigenvalue weighted by atomic mass is 9.93. The molecule has 0 radical (unpaired) electrons. The van der Waals surface area contributed by atoms with Crippen LogP contribution in [-0.2, 0) is 0 Å². The maximum absolute atomic E-state index is 5.87. The molecule has 64 valence electrons. The molecule has 0 unspecified atom stereocenters. The van der Waals surface area contributed by atoms with Crippen molar-refractivity contribution >= 4 is 11.6 Å². The van der Waals surface area contributed by atoms with E-state index in [2.05, 4.69) is 11.9 Å². The number of nitrogens with zero attached hydrogens (tertiary/aromatic N) is 1. The lowest BCUT2D eigenvalue weighted by Gasteiger charge is -2.35. The minimum Gasteiger partial charge on any atom is -0.300 e. The molecule has 11 heavy (non-hydrogen) atoms. The van der Waals surface area contributed by atoms with E-state index >= 15 is 0 Å². The summed E-state index contributed by atoms with van der Waals surface area (Å²) >= 11 is 5.87. The minimum absolute atomic E-state index is 0.811. The van der Waals surface area contributed by atoms with Gasteiger partial charge in [0.05, 0.1) is 0 Å². The van der Waals surface area contributed by atoms with Gasteiger partial charge in [0.15, 0.2) is 0 Å². The first-order valence-corrected chi connectivity index (χ1v) is 5.12. The van der Waals surface area contributed by atoms with E-state index in [1.54, 1.807) is 0 Å². The molecule has 2 aliphatic rings. The molecule has 2 atom stereocenters. The summed E-state index contributed by atoms with van der Waals surface area (Å²) in [5.74, 6) is 1.69. The molecule has 0 aromatic heterocycles. The third kappa shape index (κ3) is 1.29. The Morgan fingerprint density at radius 1 is 1.27 bits per heavy atom. The normalized spacial score (nSPS) is 44.7. The minimum atomic E-state index is 0.811. The molecule has 2 fully saturated rings. The lowest BCUT2D eigenvalue weighted by Crippen LogP contribution is -2.40. The fourth-order valence-corrected chi connectivity index (χ4v) is 2.90.